The molecule has 1 heterocycles. The van der Waals surface area contributed by atoms with Crippen LogP contribution in [0.15, 0.2) is 0 Å². The Balaban J connectivity index is 2.49. The molecule has 0 amide bonds. The van der Waals surface area contributed by atoms with Crippen molar-refractivity contribution in [2.24, 2.45) is 0 Å². The van der Waals surface area contributed by atoms with Gasteiger partial charge in [-0.2, -0.15) is 0 Å². The van der Waals surface area contributed by atoms with Crippen LogP contribution in [0.2, 0.25) is 0 Å². The molecule has 0 bridgehead atoms. The highest BCUT2D eigenvalue weighted by atomic mass is 15.2. The molecule has 1 unspecified atom stereocenters. The van der Waals surface area contributed by atoms with Gasteiger partial charge in [-0.25, -0.2) is 0 Å². The molecule has 1 rings (SSSR count). The molecule has 1 aliphatic rings. The smallest absolute Gasteiger partial charge is 0.0153 e. The van der Waals surface area contributed by atoms with Crippen LogP contribution >= 0.6 is 0 Å². The van der Waals surface area contributed by atoms with Gasteiger partial charge in [0, 0.05) is 31.2 Å². The third kappa shape index (κ3) is 3.76. The third-order valence-electron chi connectivity index (χ3n) is 3.77. The summed E-state index contributed by atoms with van der Waals surface area (Å²) in [5.74, 6) is 0. The highest BCUT2D eigenvalue weighted by Crippen LogP contribution is 2.22. The van der Waals surface area contributed by atoms with Gasteiger partial charge in [0.2, 0.25) is 0 Å². The van der Waals surface area contributed by atoms with Crippen LogP contribution in [0.1, 0.15) is 53.4 Å². The molecule has 0 aromatic carbocycles. The fourth-order valence-electron chi connectivity index (χ4n) is 2.65. The van der Waals surface area contributed by atoms with Crippen LogP contribution in [0.4, 0.5) is 0 Å². The van der Waals surface area contributed by atoms with Crippen molar-refractivity contribution in [3.8, 4) is 0 Å². The fourth-order valence-corrected chi connectivity index (χ4v) is 2.65. The molecule has 1 saturated heterocycles. The first-order valence-corrected chi connectivity index (χ1v) is 6.58. The van der Waals surface area contributed by atoms with Gasteiger partial charge >= 0.3 is 0 Å². The molecular weight excluding hydrogens is 184 g/mol. The molecule has 0 spiro atoms. The maximum absolute atomic E-state index is 3.63. The van der Waals surface area contributed by atoms with Crippen molar-refractivity contribution in [3.63, 3.8) is 0 Å². The van der Waals surface area contributed by atoms with Crippen LogP contribution in [-0.4, -0.2) is 36.1 Å². The summed E-state index contributed by atoms with van der Waals surface area (Å²) < 4.78 is 0. The van der Waals surface area contributed by atoms with Crippen LogP contribution in [0.25, 0.3) is 0 Å². The SMILES string of the molecule is CCCC(C)(C)N1CCNC(CC)CC1. The van der Waals surface area contributed by atoms with E-state index in [2.05, 4.69) is 37.9 Å². The summed E-state index contributed by atoms with van der Waals surface area (Å²) in [4.78, 5) is 2.67. The van der Waals surface area contributed by atoms with Crippen LogP contribution in [-0.2, 0) is 0 Å². The molecule has 1 N–H and O–H groups in total. The van der Waals surface area contributed by atoms with Crippen molar-refractivity contribution in [2.75, 3.05) is 19.6 Å². The van der Waals surface area contributed by atoms with Gasteiger partial charge in [-0.1, -0.05) is 20.3 Å². The first-order valence-electron chi connectivity index (χ1n) is 6.58. The topological polar surface area (TPSA) is 15.3 Å². The Labute approximate surface area is 95.4 Å². The van der Waals surface area contributed by atoms with Crippen molar-refractivity contribution in [2.45, 2.75) is 65.0 Å². The van der Waals surface area contributed by atoms with Crippen molar-refractivity contribution >= 4 is 0 Å². The summed E-state index contributed by atoms with van der Waals surface area (Å²) in [5.41, 5.74) is 0.388. The molecule has 0 aromatic heterocycles. The standard InChI is InChI=1S/C13H28N2/c1-5-8-13(3,4)15-10-7-12(6-2)14-9-11-15/h12,14H,5-11H2,1-4H3. The fraction of sp³-hybridized carbons (Fsp3) is 1.00. The average Bonchev–Trinajstić information content (AvgIpc) is 2.42. The maximum Gasteiger partial charge on any atom is 0.0153 e. The lowest BCUT2D eigenvalue weighted by atomic mass is 9.96. The summed E-state index contributed by atoms with van der Waals surface area (Å²) in [7, 11) is 0. The van der Waals surface area contributed by atoms with E-state index in [1.807, 2.05) is 0 Å². The van der Waals surface area contributed by atoms with Gasteiger partial charge in [0.1, 0.15) is 0 Å². The lowest BCUT2D eigenvalue weighted by molar-refractivity contribution is 0.118. The van der Waals surface area contributed by atoms with E-state index in [1.54, 1.807) is 0 Å². The first-order chi connectivity index (χ1) is 7.10. The molecule has 0 aliphatic carbocycles. The number of hydrogen-bond acceptors (Lipinski definition) is 2. The summed E-state index contributed by atoms with van der Waals surface area (Å²) in [6.45, 7) is 13.0. The van der Waals surface area contributed by atoms with Gasteiger partial charge < -0.3 is 5.32 Å². The van der Waals surface area contributed by atoms with Crippen molar-refractivity contribution in [1.82, 2.24) is 10.2 Å². The molecule has 15 heavy (non-hydrogen) atoms. The van der Waals surface area contributed by atoms with E-state index in [-0.39, 0.29) is 0 Å². The monoisotopic (exact) mass is 212 g/mol. The van der Waals surface area contributed by atoms with Crippen LogP contribution in [0, 0.1) is 0 Å². The number of nitrogens with zero attached hydrogens (tertiary/aromatic N) is 1. The zero-order valence-electron chi connectivity index (χ0n) is 11.0. The van der Waals surface area contributed by atoms with Gasteiger partial charge in [0.25, 0.3) is 0 Å². The van der Waals surface area contributed by atoms with E-state index in [1.165, 1.54) is 38.8 Å². The Hall–Kier alpha value is -0.0800. The predicted octanol–water partition coefficient (Wildman–Crippen LogP) is 2.64. The number of rotatable bonds is 4. The number of hydrogen-bond donors (Lipinski definition) is 1. The van der Waals surface area contributed by atoms with Gasteiger partial charge in [0.05, 0.1) is 0 Å². The third-order valence-corrected chi connectivity index (χ3v) is 3.77. The zero-order chi connectivity index (χ0) is 11.3. The molecule has 1 aliphatic heterocycles. The van der Waals surface area contributed by atoms with E-state index >= 15 is 0 Å². The summed E-state index contributed by atoms with van der Waals surface area (Å²) in [6, 6.07) is 0.743. The Morgan fingerprint density at radius 1 is 1.27 bits per heavy atom. The van der Waals surface area contributed by atoms with E-state index in [0.29, 0.717) is 5.54 Å². The molecule has 90 valence electrons. The normalized spacial score (nSPS) is 25.2. The summed E-state index contributed by atoms with van der Waals surface area (Å²) in [5, 5.41) is 3.63. The van der Waals surface area contributed by atoms with Gasteiger partial charge in [-0.3, -0.25) is 4.90 Å². The molecular formula is C13H28N2. The molecule has 0 radical (unpaired) electrons. The second-order valence-corrected chi connectivity index (χ2v) is 5.40. The highest BCUT2D eigenvalue weighted by molar-refractivity contribution is 4.85. The minimum absolute atomic E-state index is 0.388. The van der Waals surface area contributed by atoms with Crippen LogP contribution in [0.5, 0.6) is 0 Å². The van der Waals surface area contributed by atoms with Crippen molar-refractivity contribution < 1.29 is 0 Å². The Morgan fingerprint density at radius 2 is 2.00 bits per heavy atom. The second-order valence-electron chi connectivity index (χ2n) is 5.40. The second kappa shape index (κ2) is 5.86. The van der Waals surface area contributed by atoms with E-state index in [0.717, 1.165) is 12.6 Å². The van der Waals surface area contributed by atoms with E-state index < -0.39 is 0 Å². The summed E-state index contributed by atoms with van der Waals surface area (Å²) in [6.07, 6.45) is 5.17. The van der Waals surface area contributed by atoms with Gasteiger partial charge in [0.15, 0.2) is 0 Å². The minimum Gasteiger partial charge on any atom is -0.313 e. The largest absolute Gasteiger partial charge is 0.313 e. The zero-order valence-corrected chi connectivity index (χ0v) is 11.0. The Kier molecular flexibility index (Phi) is 5.07. The molecule has 2 nitrogen and oxygen atoms in total. The highest BCUT2D eigenvalue weighted by Gasteiger charge is 2.27. The quantitative estimate of drug-likeness (QED) is 0.770. The molecule has 0 aromatic rings. The average molecular weight is 212 g/mol. The minimum atomic E-state index is 0.388. The van der Waals surface area contributed by atoms with Crippen LogP contribution < -0.4 is 5.32 Å². The summed E-state index contributed by atoms with van der Waals surface area (Å²) >= 11 is 0. The maximum atomic E-state index is 3.63. The van der Waals surface area contributed by atoms with Crippen molar-refractivity contribution in [1.29, 1.82) is 0 Å². The van der Waals surface area contributed by atoms with Gasteiger partial charge in [-0.15, -0.1) is 0 Å². The molecule has 1 fully saturated rings. The molecule has 0 saturated carbocycles. The molecule has 1 atom stereocenters. The lowest BCUT2D eigenvalue weighted by Crippen LogP contribution is -2.45. The van der Waals surface area contributed by atoms with E-state index in [4.69, 9.17) is 0 Å². The first kappa shape index (κ1) is 13.0. The Bertz CT molecular complexity index is 177. The lowest BCUT2D eigenvalue weighted by Gasteiger charge is -2.37. The van der Waals surface area contributed by atoms with Crippen LogP contribution in [0.3, 0.4) is 0 Å². The molecule has 2 heteroatoms. The van der Waals surface area contributed by atoms with Gasteiger partial charge in [-0.05, 0) is 33.1 Å². The predicted molar refractivity (Wildman–Crippen MR) is 67.3 cm³/mol. The van der Waals surface area contributed by atoms with E-state index in [9.17, 15) is 0 Å². The Morgan fingerprint density at radius 3 is 2.60 bits per heavy atom. The van der Waals surface area contributed by atoms with Crippen molar-refractivity contribution in [3.05, 3.63) is 0 Å². The number of nitrogens with one attached hydrogen (secondary N) is 1.